The third kappa shape index (κ3) is 5.48. The lowest BCUT2D eigenvalue weighted by Crippen LogP contribution is -2.25. The van der Waals surface area contributed by atoms with Crippen molar-refractivity contribution < 1.29 is 0 Å². The summed E-state index contributed by atoms with van der Waals surface area (Å²) in [6.07, 6.45) is 4.56. The first-order valence-corrected chi connectivity index (χ1v) is 22.3. The Morgan fingerprint density at radius 2 is 0.793 bits per heavy atom. The van der Waals surface area contributed by atoms with Crippen LogP contribution in [0.3, 0.4) is 0 Å². The first kappa shape index (κ1) is 33.8. The van der Waals surface area contributed by atoms with Crippen LogP contribution in [-0.4, -0.2) is 0 Å². The van der Waals surface area contributed by atoms with E-state index >= 15 is 0 Å². The summed E-state index contributed by atoms with van der Waals surface area (Å²) in [4.78, 5) is 2.40. The van der Waals surface area contributed by atoms with Crippen LogP contribution in [0.25, 0.3) is 84.3 Å². The number of nitrogens with zero attached hydrogens (tertiary/aromatic N) is 1. The van der Waals surface area contributed by atoms with Crippen molar-refractivity contribution in [2.75, 3.05) is 4.90 Å². The molecule has 0 N–H and O–H groups in total. The summed E-state index contributed by atoms with van der Waals surface area (Å²) in [7, 11) is 0. The van der Waals surface area contributed by atoms with Gasteiger partial charge in [0.2, 0.25) is 0 Å². The van der Waals surface area contributed by atoms with Crippen LogP contribution in [0.15, 0.2) is 182 Å². The van der Waals surface area contributed by atoms with Gasteiger partial charge in [0.05, 0.1) is 0 Å². The summed E-state index contributed by atoms with van der Waals surface area (Å²) in [5.74, 6) is 0. The maximum Gasteiger partial charge on any atom is 0.0462 e. The van der Waals surface area contributed by atoms with E-state index in [4.69, 9.17) is 0 Å². The third-order valence-electron chi connectivity index (χ3n) is 11.8. The first-order chi connectivity index (χ1) is 28.7. The maximum atomic E-state index is 2.43. The van der Waals surface area contributed by atoms with Gasteiger partial charge in [-0.1, -0.05) is 133 Å². The van der Waals surface area contributed by atoms with Gasteiger partial charge in [-0.25, -0.2) is 0 Å². The second-order valence-corrected chi connectivity index (χ2v) is 18.3. The van der Waals surface area contributed by atoms with E-state index in [9.17, 15) is 0 Å². The zero-order valence-corrected chi connectivity index (χ0v) is 33.9. The second kappa shape index (κ2) is 13.7. The van der Waals surface area contributed by atoms with Crippen LogP contribution in [-0.2, 0) is 0 Å². The standard InChI is InChI=1S/C54H35NS3/c1-4-19-49-43(10-1)46-16-7-13-40(52(46)56-49)34-22-28-37(29-23-34)55(38-30-24-35(25-31-38)41-14-8-17-47-44-11-2-5-20-50(44)57-53(41)47)39-32-26-36(27-33-39)42-15-9-18-48-45-12-3-6-21-51(45)58-54(42)48/h1-8,10-14,16-33H,9,15H2. The highest BCUT2D eigenvalue weighted by Crippen LogP contribution is 2.43. The molecule has 0 atom stereocenters. The molecule has 58 heavy (non-hydrogen) atoms. The van der Waals surface area contributed by atoms with Crippen molar-refractivity contribution in [1.82, 2.24) is 0 Å². The lowest BCUT2D eigenvalue weighted by Gasteiger charge is -2.26. The molecule has 0 bridgehead atoms. The minimum atomic E-state index is 1.06. The summed E-state index contributed by atoms with van der Waals surface area (Å²) in [5, 5.41) is 8.09. The Hall–Kier alpha value is -6.30. The molecule has 12 rings (SSSR count). The molecule has 0 unspecified atom stereocenters. The van der Waals surface area contributed by atoms with E-state index < -0.39 is 0 Å². The monoisotopic (exact) mass is 793 g/mol. The minimum Gasteiger partial charge on any atom is -0.311 e. The zero-order chi connectivity index (χ0) is 38.2. The first-order valence-electron chi connectivity index (χ1n) is 19.9. The Morgan fingerprint density at radius 1 is 0.362 bits per heavy atom. The fourth-order valence-electron chi connectivity index (χ4n) is 9.03. The van der Waals surface area contributed by atoms with Gasteiger partial charge < -0.3 is 4.90 Å². The average molecular weight is 794 g/mol. The van der Waals surface area contributed by atoms with E-state index in [1.807, 2.05) is 34.0 Å². The van der Waals surface area contributed by atoms with Crippen molar-refractivity contribution in [3.63, 3.8) is 0 Å². The predicted molar refractivity (Wildman–Crippen MR) is 255 cm³/mol. The molecule has 8 aromatic carbocycles. The Bertz CT molecular complexity index is 3340. The Labute approximate surface area is 348 Å². The van der Waals surface area contributed by atoms with E-state index in [0.29, 0.717) is 0 Å². The van der Waals surface area contributed by atoms with Gasteiger partial charge in [-0.3, -0.25) is 0 Å². The van der Waals surface area contributed by atoms with Crippen LogP contribution in [0.4, 0.5) is 17.1 Å². The maximum absolute atomic E-state index is 2.43. The van der Waals surface area contributed by atoms with Gasteiger partial charge in [-0.05, 0) is 111 Å². The van der Waals surface area contributed by atoms with E-state index in [2.05, 4.69) is 193 Å². The van der Waals surface area contributed by atoms with Gasteiger partial charge >= 0.3 is 0 Å². The van der Waals surface area contributed by atoms with Gasteiger partial charge in [0.25, 0.3) is 0 Å². The van der Waals surface area contributed by atoms with Gasteiger partial charge in [-0.2, -0.15) is 0 Å². The molecule has 0 amide bonds. The van der Waals surface area contributed by atoms with Crippen LogP contribution in [0.2, 0.25) is 0 Å². The molecular formula is C54H35NS3. The number of thiophene rings is 3. The fraction of sp³-hybridized carbons (Fsp3) is 0.0370. The molecule has 4 heteroatoms. The van der Waals surface area contributed by atoms with E-state index in [0.717, 1.165) is 29.9 Å². The Kier molecular flexibility index (Phi) is 7.97. The van der Waals surface area contributed by atoms with Crippen molar-refractivity contribution >= 4 is 113 Å². The molecule has 11 aromatic rings. The highest BCUT2D eigenvalue weighted by molar-refractivity contribution is 7.26. The summed E-state index contributed by atoms with van der Waals surface area (Å²) < 4.78 is 8.13. The van der Waals surface area contributed by atoms with E-state index in [1.54, 1.807) is 0 Å². The summed E-state index contributed by atoms with van der Waals surface area (Å²) in [5.41, 5.74) is 11.2. The number of fused-ring (bicyclic) bond motifs is 9. The number of hydrogen-bond acceptors (Lipinski definition) is 4. The van der Waals surface area contributed by atoms with E-state index in [-0.39, 0.29) is 0 Å². The lowest BCUT2D eigenvalue weighted by atomic mass is 9.96. The minimum absolute atomic E-state index is 1.06. The van der Waals surface area contributed by atoms with Gasteiger partial charge in [0.1, 0.15) is 0 Å². The SMILES string of the molecule is C1=c2c(sc3ccccc23)=C(c2ccc(N(c3ccc(-c4cccc5c4sc4ccccc45)cc3)c3ccc(-c4cccc5c4sc4ccccc45)cc3)cc2)CC1. The van der Waals surface area contributed by atoms with Crippen LogP contribution in [0.1, 0.15) is 18.4 Å². The van der Waals surface area contributed by atoms with Gasteiger partial charge in [0, 0.05) is 66.6 Å². The van der Waals surface area contributed by atoms with Crippen LogP contribution in [0, 0.1) is 0 Å². The predicted octanol–water partition coefficient (Wildman–Crippen LogP) is 15.2. The number of rotatable bonds is 6. The van der Waals surface area contributed by atoms with Crippen LogP contribution >= 0.6 is 34.0 Å². The highest BCUT2D eigenvalue weighted by atomic mass is 32.1. The molecule has 0 saturated heterocycles. The zero-order valence-electron chi connectivity index (χ0n) is 31.5. The van der Waals surface area contributed by atoms with Crippen molar-refractivity contribution in [2.24, 2.45) is 0 Å². The van der Waals surface area contributed by atoms with E-state index in [1.165, 1.54) is 93.6 Å². The summed E-state index contributed by atoms with van der Waals surface area (Å²) in [6.45, 7) is 0. The molecule has 0 aliphatic heterocycles. The van der Waals surface area contributed by atoms with Crippen molar-refractivity contribution in [3.05, 3.63) is 197 Å². The second-order valence-electron chi connectivity index (χ2n) is 15.1. The molecule has 1 aliphatic rings. The molecule has 1 nitrogen and oxygen atoms in total. The molecule has 274 valence electrons. The summed E-state index contributed by atoms with van der Waals surface area (Å²) in [6, 6.07) is 67.4. The van der Waals surface area contributed by atoms with Gasteiger partial charge in [-0.15, -0.1) is 34.0 Å². The molecule has 0 fully saturated rings. The molecule has 0 spiro atoms. The normalized spacial score (nSPS) is 12.8. The molecule has 3 heterocycles. The Balaban J connectivity index is 0.962. The molecular weight excluding hydrogens is 759 g/mol. The molecule has 1 aliphatic carbocycles. The summed E-state index contributed by atoms with van der Waals surface area (Å²) >= 11 is 5.70. The Morgan fingerprint density at radius 3 is 1.31 bits per heavy atom. The largest absolute Gasteiger partial charge is 0.311 e. The quantitative estimate of drug-likeness (QED) is 0.162. The van der Waals surface area contributed by atoms with Crippen molar-refractivity contribution in [3.8, 4) is 22.3 Å². The van der Waals surface area contributed by atoms with Crippen LogP contribution < -0.4 is 14.7 Å². The molecule has 3 aromatic heterocycles. The number of anilines is 3. The number of benzene rings is 8. The lowest BCUT2D eigenvalue weighted by molar-refractivity contribution is 1.09. The third-order valence-corrected chi connectivity index (χ3v) is 15.5. The average Bonchev–Trinajstić information content (AvgIpc) is 3.99. The van der Waals surface area contributed by atoms with Crippen molar-refractivity contribution in [1.29, 1.82) is 0 Å². The van der Waals surface area contributed by atoms with Crippen LogP contribution in [0.5, 0.6) is 0 Å². The fourth-order valence-corrected chi connectivity index (χ4v) is 12.8. The van der Waals surface area contributed by atoms with Gasteiger partial charge in [0.15, 0.2) is 0 Å². The smallest absolute Gasteiger partial charge is 0.0462 e. The molecule has 0 radical (unpaired) electrons. The topological polar surface area (TPSA) is 3.24 Å². The highest BCUT2D eigenvalue weighted by Gasteiger charge is 2.18. The number of hydrogen-bond donors (Lipinski definition) is 0. The molecule has 0 saturated carbocycles. The van der Waals surface area contributed by atoms with Crippen molar-refractivity contribution in [2.45, 2.75) is 12.8 Å².